The Morgan fingerprint density at radius 1 is 1.04 bits per heavy atom. The van der Waals surface area contributed by atoms with Gasteiger partial charge in [0.25, 0.3) is 0 Å². The van der Waals surface area contributed by atoms with Crippen molar-refractivity contribution in [2.45, 2.75) is 89.8 Å². The van der Waals surface area contributed by atoms with Gasteiger partial charge in [-0.1, -0.05) is 13.8 Å². The summed E-state index contributed by atoms with van der Waals surface area (Å²) in [4.78, 5) is 11.7. The molecular weight excluding hydrogens is 340 g/mol. The number of aldehydes is 1. The lowest BCUT2D eigenvalue weighted by molar-refractivity contribution is -0.210. The number of fused-ring (bicyclic) bond motifs is 5. The van der Waals surface area contributed by atoms with Gasteiger partial charge in [0, 0.05) is 24.5 Å². The van der Waals surface area contributed by atoms with Crippen molar-refractivity contribution in [1.29, 1.82) is 0 Å². The fraction of sp³-hybridized carbons (Fsp3) is 0.957. The van der Waals surface area contributed by atoms with Crippen molar-refractivity contribution in [2.75, 3.05) is 13.2 Å². The van der Waals surface area contributed by atoms with Crippen LogP contribution in [0.2, 0.25) is 0 Å². The first-order chi connectivity index (χ1) is 12.9. The molecule has 4 saturated carbocycles. The zero-order valence-corrected chi connectivity index (χ0v) is 17.2. The molecule has 0 amide bonds. The molecule has 4 fully saturated rings. The van der Waals surface area contributed by atoms with Crippen molar-refractivity contribution in [3.63, 3.8) is 0 Å². The Balaban J connectivity index is 1.51. The molecule has 0 aromatic heterocycles. The van der Waals surface area contributed by atoms with Gasteiger partial charge in [-0.25, -0.2) is 0 Å². The average Bonchev–Trinajstić information content (AvgIpc) is 2.93. The first kappa shape index (κ1) is 19.8. The van der Waals surface area contributed by atoms with Gasteiger partial charge in [0.2, 0.25) is 0 Å². The van der Waals surface area contributed by atoms with E-state index in [9.17, 15) is 9.90 Å². The van der Waals surface area contributed by atoms with Crippen LogP contribution in [-0.4, -0.2) is 41.4 Å². The molecule has 0 aliphatic heterocycles. The van der Waals surface area contributed by atoms with Gasteiger partial charge in [0.05, 0.1) is 11.7 Å². The number of carbonyl (C=O) groups excluding carboxylic acids is 1. The van der Waals surface area contributed by atoms with E-state index in [1.807, 2.05) is 0 Å². The van der Waals surface area contributed by atoms with Crippen LogP contribution in [-0.2, 0) is 9.53 Å². The summed E-state index contributed by atoms with van der Waals surface area (Å²) in [6, 6.07) is 0. The van der Waals surface area contributed by atoms with Crippen molar-refractivity contribution >= 4 is 6.29 Å². The highest BCUT2D eigenvalue weighted by atomic mass is 16.5. The van der Waals surface area contributed by atoms with Crippen LogP contribution in [0.25, 0.3) is 0 Å². The van der Waals surface area contributed by atoms with E-state index in [0.29, 0.717) is 35.9 Å². The highest BCUT2D eigenvalue weighted by molar-refractivity contribution is 5.57. The van der Waals surface area contributed by atoms with Crippen molar-refractivity contribution < 1.29 is 19.7 Å². The Kier molecular flexibility index (Phi) is 5.22. The Morgan fingerprint density at radius 2 is 1.85 bits per heavy atom. The number of hydrogen-bond donors (Lipinski definition) is 2. The van der Waals surface area contributed by atoms with Crippen LogP contribution in [0.5, 0.6) is 0 Å². The van der Waals surface area contributed by atoms with Gasteiger partial charge >= 0.3 is 0 Å². The second-order valence-corrected chi connectivity index (χ2v) is 10.5. The second kappa shape index (κ2) is 7.11. The van der Waals surface area contributed by atoms with E-state index in [0.717, 1.165) is 57.7 Å². The van der Waals surface area contributed by atoms with Gasteiger partial charge < -0.3 is 19.7 Å². The van der Waals surface area contributed by atoms with E-state index < -0.39 is 5.60 Å². The Labute approximate surface area is 164 Å². The standard InChI is InChI=1S/C23H38O4/c1-21-9-7-18(27-13-3-12-24)14-16(21)4-5-20-19(21)8-10-22(2)17(15-25)6-11-23(20,22)26/h15-20,24,26H,3-14H2,1-2H3/t16?,17?,18?,19-,20-,21+,22-,23-/m1/s1. The Hall–Kier alpha value is -0.450. The van der Waals surface area contributed by atoms with E-state index in [-0.39, 0.29) is 17.9 Å². The quantitative estimate of drug-likeness (QED) is 0.565. The molecule has 8 atom stereocenters. The summed E-state index contributed by atoms with van der Waals surface area (Å²) in [6.07, 6.45) is 11.7. The number of aliphatic hydroxyl groups is 2. The summed E-state index contributed by atoms with van der Waals surface area (Å²) in [5, 5.41) is 20.8. The topological polar surface area (TPSA) is 66.8 Å². The molecule has 27 heavy (non-hydrogen) atoms. The lowest BCUT2D eigenvalue weighted by atomic mass is 9.43. The lowest BCUT2D eigenvalue weighted by Crippen LogP contribution is -2.62. The van der Waals surface area contributed by atoms with Crippen LogP contribution in [0.1, 0.15) is 78.1 Å². The summed E-state index contributed by atoms with van der Waals surface area (Å²) < 4.78 is 6.04. The summed E-state index contributed by atoms with van der Waals surface area (Å²) >= 11 is 0. The molecule has 0 aromatic carbocycles. The van der Waals surface area contributed by atoms with E-state index in [2.05, 4.69) is 13.8 Å². The third kappa shape index (κ3) is 2.85. The molecule has 4 heteroatoms. The highest BCUT2D eigenvalue weighted by Gasteiger charge is 2.67. The molecule has 0 saturated heterocycles. The fourth-order valence-electron chi connectivity index (χ4n) is 7.91. The second-order valence-electron chi connectivity index (χ2n) is 10.5. The van der Waals surface area contributed by atoms with Gasteiger partial charge in [-0.05, 0) is 87.4 Å². The SMILES string of the molecule is C[C@]12CCC(OCCCO)CC1CC[C@@H]1[C@H]2CC[C@]2(C)C(C=O)CC[C@@]12O. The van der Waals surface area contributed by atoms with E-state index in [4.69, 9.17) is 9.84 Å². The van der Waals surface area contributed by atoms with Crippen molar-refractivity contribution in [2.24, 2.45) is 34.5 Å². The fourth-order valence-corrected chi connectivity index (χ4v) is 7.91. The molecule has 154 valence electrons. The third-order valence-electron chi connectivity index (χ3n) is 9.70. The maximum atomic E-state index is 11.9. The minimum atomic E-state index is -0.649. The number of ether oxygens (including phenoxy) is 1. The molecule has 4 aliphatic rings. The normalized spacial score (nSPS) is 51.9. The molecular formula is C23H38O4. The predicted molar refractivity (Wildman–Crippen MR) is 104 cm³/mol. The molecule has 0 aromatic rings. The molecule has 4 aliphatic carbocycles. The van der Waals surface area contributed by atoms with Crippen molar-refractivity contribution in [3.05, 3.63) is 0 Å². The van der Waals surface area contributed by atoms with Crippen LogP contribution < -0.4 is 0 Å². The van der Waals surface area contributed by atoms with E-state index in [1.165, 1.54) is 12.8 Å². The number of rotatable bonds is 5. The van der Waals surface area contributed by atoms with Gasteiger partial charge in [-0.15, -0.1) is 0 Å². The molecule has 0 radical (unpaired) electrons. The smallest absolute Gasteiger partial charge is 0.123 e. The van der Waals surface area contributed by atoms with Crippen LogP contribution in [0, 0.1) is 34.5 Å². The highest BCUT2D eigenvalue weighted by Crippen LogP contribution is 2.68. The maximum absolute atomic E-state index is 11.9. The van der Waals surface area contributed by atoms with E-state index >= 15 is 0 Å². The molecule has 3 unspecified atom stereocenters. The minimum absolute atomic E-state index is 0.0321. The number of carbonyl (C=O) groups is 1. The first-order valence-corrected chi connectivity index (χ1v) is 11.3. The van der Waals surface area contributed by atoms with Gasteiger partial charge in [-0.3, -0.25) is 0 Å². The summed E-state index contributed by atoms with van der Waals surface area (Å²) in [5.41, 5.74) is -0.566. The lowest BCUT2D eigenvalue weighted by Gasteiger charge is -2.63. The Morgan fingerprint density at radius 3 is 2.59 bits per heavy atom. The van der Waals surface area contributed by atoms with Crippen LogP contribution >= 0.6 is 0 Å². The molecule has 4 nitrogen and oxygen atoms in total. The van der Waals surface area contributed by atoms with Crippen LogP contribution in [0.15, 0.2) is 0 Å². The number of aliphatic hydroxyl groups excluding tert-OH is 1. The molecule has 0 heterocycles. The summed E-state index contributed by atoms with van der Waals surface area (Å²) in [5.74, 6) is 1.65. The first-order valence-electron chi connectivity index (χ1n) is 11.3. The van der Waals surface area contributed by atoms with Gasteiger partial charge in [0.1, 0.15) is 6.29 Å². The van der Waals surface area contributed by atoms with Crippen molar-refractivity contribution in [1.82, 2.24) is 0 Å². The molecule has 0 bridgehead atoms. The summed E-state index contributed by atoms with van der Waals surface area (Å²) in [7, 11) is 0. The van der Waals surface area contributed by atoms with E-state index in [1.54, 1.807) is 0 Å². The molecule has 4 rings (SSSR count). The third-order valence-corrected chi connectivity index (χ3v) is 9.70. The van der Waals surface area contributed by atoms with Gasteiger partial charge in [0.15, 0.2) is 0 Å². The Bertz CT molecular complexity index is 565. The molecule has 0 spiro atoms. The monoisotopic (exact) mass is 378 g/mol. The zero-order chi connectivity index (χ0) is 19.3. The number of hydrogen-bond acceptors (Lipinski definition) is 4. The average molecular weight is 379 g/mol. The van der Waals surface area contributed by atoms with Crippen LogP contribution in [0.4, 0.5) is 0 Å². The van der Waals surface area contributed by atoms with Gasteiger partial charge in [-0.2, -0.15) is 0 Å². The van der Waals surface area contributed by atoms with Crippen LogP contribution in [0.3, 0.4) is 0 Å². The maximum Gasteiger partial charge on any atom is 0.123 e. The van der Waals surface area contributed by atoms with Crippen molar-refractivity contribution in [3.8, 4) is 0 Å². The molecule has 2 N–H and O–H groups in total. The largest absolute Gasteiger partial charge is 0.396 e. The zero-order valence-electron chi connectivity index (χ0n) is 17.2. The predicted octanol–water partition coefficient (Wildman–Crippen LogP) is 3.73. The summed E-state index contributed by atoms with van der Waals surface area (Å²) in [6.45, 7) is 5.55. The minimum Gasteiger partial charge on any atom is -0.396 e.